The summed E-state index contributed by atoms with van der Waals surface area (Å²) in [7, 11) is 1.46. The van der Waals surface area contributed by atoms with Crippen LogP contribution in [0.4, 0.5) is 30.6 Å². The second-order valence-corrected chi connectivity index (χ2v) is 5.43. The Morgan fingerprint density at radius 3 is 2.50 bits per heavy atom. The molecule has 146 valence electrons. The molecule has 0 fully saturated rings. The number of anilines is 3. The van der Waals surface area contributed by atoms with Gasteiger partial charge in [-0.2, -0.15) is 13.2 Å². The number of rotatable bonds is 5. The van der Waals surface area contributed by atoms with Crippen molar-refractivity contribution in [3.05, 3.63) is 47.7 Å². The molecule has 0 aliphatic carbocycles. The van der Waals surface area contributed by atoms with E-state index in [1.54, 1.807) is 12.1 Å². The molecule has 0 saturated carbocycles. The molecular weight excluding hydrogens is 381 g/mol. The molecule has 0 saturated heterocycles. The molecule has 0 aliphatic heterocycles. The van der Waals surface area contributed by atoms with E-state index >= 15 is 0 Å². The molecule has 12 heteroatoms. The van der Waals surface area contributed by atoms with Gasteiger partial charge in [-0.3, -0.25) is 4.79 Å². The Labute approximate surface area is 156 Å². The fraction of sp³-hybridized carbons (Fsp3) is 0.188. The molecule has 0 radical (unpaired) electrons. The summed E-state index contributed by atoms with van der Waals surface area (Å²) >= 11 is 0. The van der Waals surface area contributed by atoms with Gasteiger partial charge >= 0.3 is 6.18 Å². The summed E-state index contributed by atoms with van der Waals surface area (Å²) in [6, 6.07) is 3.15. The summed E-state index contributed by atoms with van der Waals surface area (Å²) in [5.74, 6) is -0.328. The lowest BCUT2D eigenvalue weighted by atomic mass is 10.2. The number of hydrogen-bond acceptors (Lipinski definition) is 8. The third-order valence-electron chi connectivity index (χ3n) is 3.48. The highest BCUT2D eigenvalue weighted by Gasteiger charge is 2.33. The van der Waals surface area contributed by atoms with Gasteiger partial charge in [0.25, 0.3) is 5.91 Å². The third-order valence-corrected chi connectivity index (χ3v) is 3.48. The molecule has 3 aromatic heterocycles. The monoisotopic (exact) mass is 394 g/mol. The fourth-order valence-corrected chi connectivity index (χ4v) is 2.15. The maximum atomic E-state index is 12.6. The van der Waals surface area contributed by atoms with E-state index in [-0.39, 0.29) is 23.0 Å². The van der Waals surface area contributed by atoms with Crippen molar-refractivity contribution in [2.45, 2.75) is 13.1 Å². The molecule has 3 aromatic rings. The highest BCUT2D eigenvalue weighted by Crippen LogP contribution is 2.28. The number of hydrogen-bond donors (Lipinski definition) is 2. The highest BCUT2D eigenvalue weighted by molar-refractivity contribution is 6.08. The van der Waals surface area contributed by atoms with E-state index in [0.717, 1.165) is 6.20 Å². The number of nitrogens with zero attached hydrogens (tertiary/aromatic N) is 4. The van der Waals surface area contributed by atoms with Crippen LogP contribution in [0.1, 0.15) is 21.7 Å². The van der Waals surface area contributed by atoms with Gasteiger partial charge in [-0.15, -0.1) is 0 Å². The van der Waals surface area contributed by atoms with Crippen LogP contribution in [0.25, 0.3) is 0 Å². The molecule has 28 heavy (non-hydrogen) atoms. The Kier molecular flexibility index (Phi) is 5.11. The molecule has 0 unspecified atom stereocenters. The average Bonchev–Trinajstić information content (AvgIpc) is 3.02. The van der Waals surface area contributed by atoms with Crippen LogP contribution in [0.3, 0.4) is 0 Å². The zero-order valence-corrected chi connectivity index (χ0v) is 14.5. The van der Waals surface area contributed by atoms with E-state index in [4.69, 9.17) is 9.26 Å². The lowest BCUT2D eigenvalue weighted by molar-refractivity contribution is -0.141. The number of pyridine rings is 1. The molecule has 3 rings (SSSR count). The van der Waals surface area contributed by atoms with Crippen molar-refractivity contribution in [2.24, 2.45) is 0 Å². The molecule has 2 N–H and O–H groups in total. The van der Waals surface area contributed by atoms with Crippen molar-refractivity contribution in [3.8, 4) is 5.88 Å². The van der Waals surface area contributed by atoms with Gasteiger partial charge in [-0.05, 0) is 13.0 Å². The minimum atomic E-state index is -4.61. The van der Waals surface area contributed by atoms with Crippen LogP contribution in [-0.2, 0) is 6.18 Å². The first-order valence-electron chi connectivity index (χ1n) is 7.72. The number of aromatic nitrogens is 4. The number of carbonyl (C=O) groups is 1. The van der Waals surface area contributed by atoms with Crippen LogP contribution >= 0.6 is 0 Å². The maximum absolute atomic E-state index is 12.6. The van der Waals surface area contributed by atoms with E-state index in [0.29, 0.717) is 17.8 Å². The van der Waals surface area contributed by atoms with E-state index in [9.17, 15) is 18.0 Å². The summed E-state index contributed by atoms with van der Waals surface area (Å²) < 4.78 is 47.7. The second-order valence-electron chi connectivity index (χ2n) is 5.43. The number of ether oxygens (including phenoxy) is 1. The Hall–Kier alpha value is -3.70. The number of methoxy groups -OCH3 is 1. The third kappa shape index (κ3) is 4.16. The summed E-state index contributed by atoms with van der Waals surface area (Å²) in [4.78, 5) is 23.4. The van der Waals surface area contributed by atoms with Crippen LogP contribution < -0.4 is 15.4 Å². The van der Waals surface area contributed by atoms with Crippen molar-refractivity contribution in [1.82, 2.24) is 20.1 Å². The molecule has 0 aliphatic rings. The highest BCUT2D eigenvalue weighted by atomic mass is 19.4. The quantitative estimate of drug-likeness (QED) is 0.678. The number of amides is 1. The fourth-order valence-electron chi connectivity index (χ4n) is 2.15. The Balaban J connectivity index is 1.78. The normalized spacial score (nSPS) is 11.2. The van der Waals surface area contributed by atoms with Gasteiger partial charge in [0.15, 0.2) is 11.5 Å². The van der Waals surface area contributed by atoms with Crippen molar-refractivity contribution >= 4 is 23.3 Å². The molecule has 0 bridgehead atoms. The van der Waals surface area contributed by atoms with Gasteiger partial charge in [0.05, 0.1) is 37.1 Å². The zero-order chi connectivity index (χ0) is 20.3. The summed E-state index contributed by atoms with van der Waals surface area (Å²) in [6.45, 7) is 1.54. The van der Waals surface area contributed by atoms with Gasteiger partial charge in [0, 0.05) is 6.07 Å². The molecule has 9 nitrogen and oxygen atoms in total. The molecule has 3 heterocycles. The average molecular weight is 394 g/mol. The van der Waals surface area contributed by atoms with Crippen molar-refractivity contribution in [3.63, 3.8) is 0 Å². The summed E-state index contributed by atoms with van der Waals surface area (Å²) in [5.41, 5.74) is -0.428. The van der Waals surface area contributed by atoms with Crippen LogP contribution in [0.15, 0.2) is 35.2 Å². The van der Waals surface area contributed by atoms with E-state index in [1.165, 1.54) is 20.2 Å². The van der Waals surface area contributed by atoms with Crippen molar-refractivity contribution in [1.29, 1.82) is 0 Å². The van der Waals surface area contributed by atoms with E-state index < -0.39 is 17.8 Å². The van der Waals surface area contributed by atoms with Crippen LogP contribution in [0.5, 0.6) is 5.88 Å². The minimum absolute atomic E-state index is 0.0516. The van der Waals surface area contributed by atoms with Crippen molar-refractivity contribution < 1.29 is 27.2 Å². The van der Waals surface area contributed by atoms with Gasteiger partial charge in [0.1, 0.15) is 5.56 Å². The van der Waals surface area contributed by atoms with Gasteiger partial charge < -0.3 is 19.9 Å². The second kappa shape index (κ2) is 7.50. The lowest BCUT2D eigenvalue weighted by Crippen LogP contribution is -2.14. The minimum Gasteiger partial charge on any atom is -0.481 e. The number of carbonyl (C=O) groups excluding carboxylic acids is 1. The topological polar surface area (TPSA) is 115 Å². The van der Waals surface area contributed by atoms with Gasteiger partial charge in [-0.25, -0.2) is 15.0 Å². The predicted octanol–water partition coefficient (Wildman–Crippen LogP) is 3.19. The zero-order valence-electron chi connectivity index (χ0n) is 14.5. The first-order valence-corrected chi connectivity index (χ1v) is 7.72. The SMILES string of the molecule is COc1ccc(NC(=O)c2c(C)noc2Nc2cnc(C(F)(F)F)cn2)cn1. The van der Waals surface area contributed by atoms with Crippen LogP contribution in [0, 0.1) is 6.92 Å². The molecule has 0 aromatic carbocycles. The molecule has 0 atom stereocenters. The Morgan fingerprint density at radius 2 is 1.93 bits per heavy atom. The largest absolute Gasteiger partial charge is 0.481 e. The van der Waals surface area contributed by atoms with Crippen molar-refractivity contribution in [2.75, 3.05) is 17.7 Å². The van der Waals surface area contributed by atoms with Gasteiger partial charge in [-0.1, -0.05) is 5.16 Å². The van der Waals surface area contributed by atoms with E-state index in [1.807, 2.05) is 0 Å². The number of halogens is 3. The first-order chi connectivity index (χ1) is 13.3. The number of nitrogens with one attached hydrogen (secondary N) is 2. The van der Waals surface area contributed by atoms with Gasteiger partial charge in [0.2, 0.25) is 11.8 Å². The van der Waals surface area contributed by atoms with Crippen LogP contribution in [-0.4, -0.2) is 33.1 Å². The van der Waals surface area contributed by atoms with Crippen LogP contribution in [0.2, 0.25) is 0 Å². The molecule has 0 spiro atoms. The summed E-state index contributed by atoms with van der Waals surface area (Å²) in [5, 5.41) is 8.90. The standard InChI is InChI=1S/C16H13F3N6O3/c1-8-13(14(26)23-9-3-4-12(27-2)22-5-9)15(28-25-8)24-11-7-20-10(6-21-11)16(17,18)19/h3-7H,1-2H3,(H,21,24)(H,23,26). The Bertz CT molecular complexity index is 971. The number of aryl methyl sites for hydroxylation is 1. The Morgan fingerprint density at radius 1 is 1.14 bits per heavy atom. The summed E-state index contributed by atoms with van der Waals surface area (Å²) in [6.07, 6.45) is -1.77. The van der Waals surface area contributed by atoms with E-state index in [2.05, 4.69) is 30.7 Å². The predicted molar refractivity (Wildman–Crippen MR) is 90.3 cm³/mol. The molecule has 1 amide bonds. The maximum Gasteiger partial charge on any atom is 0.434 e. The number of alkyl halides is 3. The first kappa shape index (κ1) is 19.1. The molecular formula is C16H13F3N6O3. The smallest absolute Gasteiger partial charge is 0.434 e. The lowest BCUT2D eigenvalue weighted by Gasteiger charge is -2.08.